The Morgan fingerprint density at radius 1 is 0.667 bits per heavy atom. The Balaban J connectivity index is -0.0000000457. The zero-order chi connectivity index (χ0) is 9.00. The van der Waals surface area contributed by atoms with E-state index in [9.17, 15) is 0 Å². The van der Waals surface area contributed by atoms with Crippen LogP contribution in [-0.2, 0) is 30.2 Å². The first-order valence-electron chi connectivity index (χ1n) is 1.46. The van der Waals surface area contributed by atoms with Gasteiger partial charge in [-0.2, -0.15) is 15.6 Å². The molecule has 0 aromatic heterocycles. The summed E-state index contributed by atoms with van der Waals surface area (Å²) in [4.78, 5) is 51.3. The number of hydrogen-bond donors (Lipinski definition) is 0. The average Bonchev–Trinajstić information content (AvgIpc) is 1.12. The molecule has 12 heteroatoms. The summed E-state index contributed by atoms with van der Waals surface area (Å²) in [7, 11) is -10.8. The van der Waals surface area contributed by atoms with Gasteiger partial charge in [0.15, 0.2) is 0 Å². The minimum atomic E-state index is -5.39. The van der Waals surface area contributed by atoms with Gasteiger partial charge in [0, 0.05) is 0 Å². The Kier molecular flexibility index (Phi) is 16.3. The first-order valence-corrected chi connectivity index (χ1v) is 4.38. The summed E-state index contributed by atoms with van der Waals surface area (Å²) in [6.45, 7) is 0. The zero-order valence-corrected chi connectivity index (χ0v) is 8.86. The van der Waals surface area contributed by atoms with Gasteiger partial charge in [-0.25, -0.2) is 0 Å². The van der Waals surface area contributed by atoms with Crippen molar-refractivity contribution in [3.63, 3.8) is 0 Å². The van der Waals surface area contributed by atoms with Crippen LogP contribution in [0.3, 0.4) is 0 Å². The van der Waals surface area contributed by atoms with Crippen molar-refractivity contribution in [3.05, 3.63) is 0 Å². The molecular formula is H2MoO9P2. The van der Waals surface area contributed by atoms with E-state index in [0.717, 1.165) is 0 Å². The van der Waals surface area contributed by atoms with Gasteiger partial charge in [0.1, 0.15) is 0 Å². The molecular weight excluding hydrogens is 302 g/mol. The Morgan fingerprint density at radius 3 is 0.667 bits per heavy atom. The third-order valence-corrected chi connectivity index (χ3v) is 0. The van der Waals surface area contributed by atoms with Crippen molar-refractivity contribution in [2.24, 2.45) is 0 Å². The SMILES string of the molecule is O.O=P([O-])([O-])[O-].O=P([O-])([O-])[O-].[Mo+6]. The molecule has 0 atom stereocenters. The molecule has 0 spiro atoms. The summed E-state index contributed by atoms with van der Waals surface area (Å²) in [6, 6.07) is 0. The summed E-state index contributed by atoms with van der Waals surface area (Å²) < 4.78 is 17.1. The zero-order valence-electron chi connectivity index (χ0n) is 5.07. The van der Waals surface area contributed by atoms with E-state index in [1.807, 2.05) is 0 Å². The molecule has 0 heterocycles. The standard InChI is InChI=1S/Mo.2H3O4P.H2O/c;2*1-5(2,3)4;/h;2*(H3,1,2,3,4);1H2/q+6;;;/p-6. The smallest absolute Gasteiger partial charge is 0.822 e. The van der Waals surface area contributed by atoms with Gasteiger partial charge in [0.2, 0.25) is 0 Å². The van der Waals surface area contributed by atoms with Crippen LogP contribution in [0, 0.1) is 0 Å². The predicted octanol–water partition coefficient (Wildman–Crippen LogP) is -6.48. The minimum Gasteiger partial charge on any atom is -0.822 e. The molecule has 0 saturated carbocycles. The average molecular weight is 304 g/mol. The number of hydrogen-bond acceptors (Lipinski definition) is 8. The summed E-state index contributed by atoms with van der Waals surface area (Å²) in [5.41, 5.74) is 0. The van der Waals surface area contributed by atoms with Gasteiger partial charge < -0.3 is 44.0 Å². The fraction of sp³-hybridized carbons (Fsp3) is 0. The van der Waals surface area contributed by atoms with Crippen LogP contribution < -0.4 is 29.4 Å². The second-order valence-electron chi connectivity index (χ2n) is 0.894. The summed E-state index contributed by atoms with van der Waals surface area (Å²) >= 11 is 0. The van der Waals surface area contributed by atoms with E-state index in [4.69, 9.17) is 38.5 Å². The van der Waals surface area contributed by atoms with Crippen molar-refractivity contribution < 1.29 is 65.0 Å². The van der Waals surface area contributed by atoms with Crippen LogP contribution in [0.5, 0.6) is 0 Å². The van der Waals surface area contributed by atoms with Gasteiger partial charge in [-0.1, -0.05) is 0 Å². The number of phosphoric acid groups is 2. The molecule has 0 unspecified atom stereocenters. The van der Waals surface area contributed by atoms with Crippen LogP contribution >= 0.6 is 15.6 Å². The molecule has 0 fully saturated rings. The molecule has 0 bridgehead atoms. The van der Waals surface area contributed by atoms with E-state index in [1.165, 1.54) is 0 Å². The molecule has 0 aliphatic heterocycles. The first-order chi connectivity index (χ1) is 4.00. The fourth-order valence-corrected chi connectivity index (χ4v) is 0. The van der Waals surface area contributed by atoms with Crippen LogP contribution in [-0.4, -0.2) is 5.48 Å². The van der Waals surface area contributed by atoms with Crippen LogP contribution in [0.25, 0.3) is 0 Å². The Labute approximate surface area is 81.1 Å². The fourth-order valence-electron chi connectivity index (χ4n) is 0. The van der Waals surface area contributed by atoms with Gasteiger partial charge >= 0.3 is 21.1 Å². The van der Waals surface area contributed by atoms with Crippen LogP contribution in [0.15, 0.2) is 0 Å². The quantitative estimate of drug-likeness (QED) is 0.310. The van der Waals surface area contributed by atoms with Crippen molar-refractivity contribution >= 4 is 15.6 Å². The van der Waals surface area contributed by atoms with E-state index >= 15 is 0 Å². The van der Waals surface area contributed by atoms with Crippen molar-refractivity contribution in [2.45, 2.75) is 0 Å². The summed E-state index contributed by atoms with van der Waals surface area (Å²) in [6.07, 6.45) is 0. The van der Waals surface area contributed by atoms with Crippen molar-refractivity contribution in [2.75, 3.05) is 0 Å². The van der Waals surface area contributed by atoms with Crippen molar-refractivity contribution in [1.82, 2.24) is 0 Å². The number of rotatable bonds is 0. The Hall–Kier alpha value is 0.868. The van der Waals surface area contributed by atoms with Gasteiger partial charge in [0.25, 0.3) is 0 Å². The van der Waals surface area contributed by atoms with Gasteiger partial charge in [-0.3, -0.25) is 0 Å². The molecule has 0 saturated heterocycles. The van der Waals surface area contributed by atoms with E-state index in [2.05, 4.69) is 0 Å². The maximum atomic E-state index is 8.55. The molecule has 0 rings (SSSR count). The van der Waals surface area contributed by atoms with E-state index in [-0.39, 0.29) is 26.5 Å². The molecule has 0 aliphatic rings. The largest absolute Gasteiger partial charge is 6.00 e. The van der Waals surface area contributed by atoms with Crippen LogP contribution in [0.4, 0.5) is 0 Å². The molecule has 0 aromatic carbocycles. The van der Waals surface area contributed by atoms with Crippen LogP contribution in [0.1, 0.15) is 0 Å². The van der Waals surface area contributed by atoms with Crippen LogP contribution in [0.2, 0.25) is 0 Å². The van der Waals surface area contributed by atoms with Gasteiger partial charge in [-0.15, -0.1) is 0 Å². The minimum absolute atomic E-state index is 0. The Bertz CT molecular complexity index is 125. The molecule has 2 N–H and O–H groups in total. The van der Waals surface area contributed by atoms with Crippen molar-refractivity contribution in [3.8, 4) is 0 Å². The van der Waals surface area contributed by atoms with Crippen molar-refractivity contribution in [1.29, 1.82) is 0 Å². The maximum absolute atomic E-state index is 8.55. The molecule has 72 valence electrons. The molecule has 9 nitrogen and oxygen atoms in total. The van der Waals surface area contributed by atoms with E-state index in [0.29, 0.717) is 0 Å². The normalized spacial score (nSPS) is 9.83. The summed E-state index contributed by atoms with van der Waals surface area (Å²) in [5, 5.41) is 0. The maximum Gasteiger partial charge on any atom is 6.00 e. The molecule has 0 aromatic rings. The van der Waals surface area contributed by atoms with Gasteiger partial charge in [0.05, 0.1) is 0 Å². The summed E-state index contributed by atoms with van der Waals surface area (Å²) in [5.74, 6) is 0. The second-order valence-corrected chi connectivity index (χ2v) is 2.68. The molecule has 12 heavy (non-hydrogen) atoms. The van der Waals surface area contributed by atoms with Gasteiger partial charge in [-0.05, 0) is 0 Å². The van der Waals surface area contributed by atoms with E-state index < -0.39 is 15.6 Å². The molecule has 0 radical (unpaired) electrons. The topological polar surface area (TPSA) is 204 Å². The van der Waals surface area contributed by atoms with E-state index in [1.54, 1.807) is 0 Å². The monoisotopic (exact) mass is 306 g/mol. The third kappa shape index (κ3) is 1400. The predicted molar refractivity (Wildman–Crippen MR) is 18.8 cm³/mol. The molecule has 0 aliphatic carbocycles. The Morgan fingerprint density at radius 2 is 0.667 bits per heavy atom. The molecule has 0 amide bonds. The first kappa shape index (κ1) is 23.0. The second kappa shape index (κ2) is 8.47. The third-order valence-electron chi connectivity index (χ3n) is 0.